The summed E-state index contributed by atoms with van der Waals surface area (Å²) >= 11 is 1.99. The van der Waals surface area contributed by atoms with Gasteiger partial charge in [0.05, 0.1) is 0 Å². The molecule has 1 amide bonds. The lowest BCUT2D eigenvalue weighted by atomic mass is 10.1. The van der Waals surface area contributed by atoms with Crippen LogP contribution >= 0.6 is 11.8 Å². The number of hydrogen-bond acceptors (Lipinski definition) is 3. The predicted molar refractivity (Wildman–Crippen MR) is 78.5 cm³/mol. The Bertz CT molecular complexity index is 439. The van der Waals surface area contributed by atoms with Crippen molar-refractivity contribution in [2.75, 3.05) is 30.9 Å². The van der Waals surface area contributed by atoms with E-state index in [0.717, 1.165) is 17.0 Å². The molecule has 1 aromatic carbocycles. The lowest BCUT2D eigenvalue weighted by Crippen LogP contribution is -2.23. The Kier molecular flexibility index (Phi) is 4.17. The number of carbonyl (C=O) groups is 1. The summed E-state index contributed by atoms with van der Waals surface area (Å²) in [4.78, 5) is 13.6. The van der Waals surface area contributed by atoms with Gasteiger partial charge < -0.3 is 10.2 Å². The number of carbonyl (C=O) groups excluding carboxylic acids is 1. The molecular formula is C14H20N2OS. The SMILES string of the molecule is Cc1ccc(C(=O)N(C)C)cc1NC1CCSC1. The Morgan fingerprint density at radius 2 is 2.22 bits per heavy atom. The monoisotopic (exact) mass is 264 g/mol. The number of aryl methyl sites for hydroxylation is 1. The highest BCUT2D eigenvalue weighted by molar-refractivity contribution is 7.99. The van der Waals surface area contributed by atoms with Crippen molar-refractivity contribution >= 4 is 23.4 Å². The maximum absolute atomic E-state index is 11.9. The molecule has 1 fully saturated rings. The summed E-state index contributed by atoms with van der Waals surface area (Å²) in [5.74, 6) is 2.44. The molecule has 1 unspecified atom stereocenters. The largest absolute Gasteiger partial charge is 0.381 e. The number of nitrogens with zero attached hydrogens (tertiary/aromatic N) is 1. The summed E-state index contributed by atoms with van der Waals surface area (Å²) in [5.41, 5.74) is 3.04. The first-order valence-corrected chi connectivity index (χ1v) is 7.40. The Hall–Kier alpha value is -1.16. The van der Waals surface area contributed by atoms with Gasteiger partial charge in [0.1, 0.15) is 0 Å². The molecule has 98 valence electrons. The fourth-order valence-corrected chi connectivity index (χ4v) is 3.19. The number of anilines is 1. The van der Waals surface area contributed by atoms with Crippen LogP contribution < -0.4 is 5.32 Å². The van der Waals surface area contributed by atoms with E-state index in [9.17, 15) is 4.79 Å². The average Bonchev–Trinajstić information content (AvgIpc) is 2.84. The second-order valence-corrected chi connectivity index (χ2v) is 6.08. The summed E-state index contributed by atoms with van der Waals surface area (Å²) in [6.45, 7) is 2.08. The molecule has 1 saturated heterocycles. The second-order valence-electron chi connectivity index (χ2n) is 4.93. The van der Waals surface area contributed by atoms with E-state index in [-0.39, 0.29) is 5.91 Å². The fourth-order valence-electron chi connectivity index (χ4n) is 2.04. The van der Waals surface area contributed by atoms with Crippen LogP contribution in [-0.2, 0) is 0 Å². The molecule has 0 spiro atoms. The highest BCUT2D eigenvalue weighted by atomic mass is 32.2. The molecule has 1 N–H and O–H groups in total. The van der Waals surface area contributed by atoms with Crippen molar-refractivity contribution in [1.29, 1.82) is 0 Å². The molecule has 1 aromatic rings. The van der Waals surface area contributed by atoms with Gasteiger partial charge in [-0.25, -0.2) is 0 Å². The Morgan fingerprint density at radius 3 is 2.83 bits per heavy atom. The van der Waals surface area contributed by atoms with Gasteiger partial charge in [0.25, 0.3) is 5.91 Å². The van der Waals surface area contributed by atoms with E-state index in [2.05, 4.69) is 12.2 Å². The first-order chi connectivity index (χ1) is 8.58. The van der Waals surface area contributed by atoms with Crippen molar-refractivity contribution in [3.8, 4) is 0 Å². The van der Waals surface area contributed by atoms with Crippen LogP contribution in [0.1, 0.15) is 22.3 Å². The fraction of sp³-hybridized carbons (Fsp3) is 0.500. The van der Waals surface area contributed by atoms with E-state index in [4.69, 9.17) is 0 Å². The molecule has 18 heavy (non-hydrogen) atoms. The normalized spacial score (nSPS) is 18.7. The van der Waals surface area contributed by atoms with Crippen molar-refractivity contribution < 1.29 is 4.79 Å². The molecule has 1 atom stereocenters. The number of nitrogens with one attached hydrogen (secondary N) is 1. The Morgan fingerprint density at radius 1 is 1.44 bits per heavy atom. The van der Waals surface area contributed by atoms with Gasteiger partial charge in [0.2, 0.25) is 0 Å². The summed E-state index contributed by atoms with van der Waals surface area (Å²) in [5, 5.41) is 3.55. The van der Waals surface area contributed by atoms with Crippen LogP contribution in [0, 0.1) is 6.92 Å². The van der Waals surface area contributed by atoms with Gasteiger partial charge in [-0.2, -0.15) is 11.8 Å². The topological polar surface area (TPSA) is 32.3 Å². The summed E-state index contributed by atoms with van der Waals surface area (Å²) in [6, 6.07) is 6.42. The van der Waals surface area contributed by atoms with Crippen molar-refractivity contribution in [3.63, 3.8) is 0 Å². The van der Waals surface area contributed by atoms with Crippen molar-refractivity contribution in [3.05, 3.63) is 29.3 Å². The van der Waals surface area contributed by atoms with E-state index in [1.807, 2.05) is 30.0 Å². The van der Waals surface area contributed by atoms with Crippen LogP contribution in [0.15, 0.2) is 18.2 Å². The van der Waals surface area contributed by atoms with Crippen LogP contribution in [0.3, 0.4) is 0 Å². The van der Waals surface area contributed by atoms with Crippen LogP contribution in [0.4, 0.5) is 5.69 Å². The minimum absolute atomic E-state index is 0.0545. The number of rotatable bonds is 3. The molecular weight excluding hydrogens is 244 g/mol. The average molecular weight is 264 g/mol. The first kappa shape index (κ1) is 13.3. The molecule has 0 bridgehead atoms. The van der Waals surface area contributed by atoms with Crippen LogP contribution in [-0.4, -0.2) is 42.4 Å². The zero-order valence-electron chi connectivity index (χ0n) is 11.2. The molecule has 0 radical (unpaired) electrons. The van der Waals surface area contributed by atoms with Crippen LogP contribution in [0.5, 0.6) is 0 Å². The maximum Gasteiger partial charge on any atom is 0.253 e. The summed E-state index contributed by atoms with van der Waals surface area (Å²) < 4.78 is 0. The van der Waals surface area contributed by atoms with E-state index in [0.29, 0.717) is 6.04 Å². The lowest BCUT2D eigenvalue weighted by Gasteiger charge is -2.17. The molecule has 0 saturated carbocycles. The zero-order valence-corrected chi connectivity index (χ0v) is 12.0. The first-order valence-electron chi connectivity index (χ1n) is 6.24. The molecule has 2 rings (SSSR count). The second kappa shape index (κ2) is 5.65. The number of hydrogen-bond donors (Lipinski definition) is 1. The van der Waals surface area contributed by atoms with E-state index < -0.39 is 0 Å². The summed E-state index contributed by atoms with van der Waals surface area (Å²) in [6.07, 6.45) is 1.20. The molecule has 1 heterocycles. The van der Waals surface area contributed by atoms with Gasteiger partial charge >= 0.3 is 0 Å². The molecule has 0 aromatic heterocycles. The van der Waals surface area contributed by atoms with Gasteiger partial charge in [-0.1, -0.05) is 6.07 Å². The lowest BCUT2D eigenvalue weighted by molar-refractivity contribution is 0.0827. The Balaban J connectivity index is 2.18. The highest BCUT2D eigenvalue weighted by Crippen LogP contribution is 2.24. The molecule has 1 aliphatic rings. The van der Waals surface area contributed by atoms with E-state index in [1.165, 1.54) is 17.7 Å². The van der Waals surface area contributed by atoms with Crippen molar-refractivity contribution in [1.82, 2.24) is 4.90 Å². The van der Waals surface area contributed by atoms with E-state index in [1.54, 1.807) is 19.0 Å². The smallest absolute Gasteiger partial charge is 0.253 e. The van der Waals surface area contributed by atoms with Crippen molar-refractivity contribution in [2.24, 2.45) is 0 Å². The summed E-state index contributed by atoms with van der Waals surface area (Å²) in [7, 11) is 3.56. The van der Waals surface area contributed by atoms with Crippen molar-refractivity contribution in [2.45, 2.75) is 19.4 Å². The number of amides is 1. The highest BCUT2D eigenvalue weighted by Gasteiger charge is 2.17. The predicted octanol–water partition coefficient (Wildman–Crippen LogP) is 2.61. The molecule has 4 heteroatoms. The van der Waals surface area contributed by atoms with Gasteiger partial charge in [-0.05, 0) is 36.8 Å². The minimum atomic E-state index is 0.0545. The van der Waals surface area contributed by atoms with Gasteiger partial charge in [-0.3, -0.25) is 4.79 Å². The third kappa shape index (κ3) is 2.99. The number of benzene rings is 1. The van der Waals surface area contributed by atoms with Crippen LogP contribution in [0.25, 0.3) is 0 Å². The van der Waals surface area contributed by atoms with Gasteiger partial charge in [0, 0.05) is 37.1 Å². The van der Waals surface area contributed by atoms with E-state index >= 15 is 0 Å². The standard InChI is InChI=1S/C14H20N2OS/c1-10-4-5-11(14(17)16(2)3)8-13(10)15-12-6-7-18-9-12/h4-5,8,12,15H,6-7,9H2,1-3H3. The number of thioether (sulfide) groups is 1. The third-order valence-electron chi connectivity index (χ3n) is 3.18. The zero-order chi connectivity index (χ0) is 13.1. The maximum atomic E-state index is 11.9. The quantitative estimate of drug-likeness (QED) is 0.911. The Labute approximate surface area is 113 Å². The minimum Gasteiger partial charge on any atom is -0.381 e. The molecule has 3 nitrogen and oxygen atoms in total. The molecule has 0 aliphatic carbocycles. The molecule has 1 aliphatic heterocycles. The van der Waals surface area contributed by atoms with Crippen LogP contribution in [0.2, 0.25) is 0 Å². The third-order valence-corrected chi connectivity index (χ3v) is 4.34. The van der Waals surface area contributed by atoms with Gasteiger partial charge in [0.15, 0.2) is 0 Å². The van der Waals surface area contributed by atoms with Gasteiger partial charge in [-0.15, -0.1) is 0 Å².